The minimum Gasteiger partial charge on any atom is -0.365 e. The summed E-state index contributed by atoms with van der Waals surface area (Å²) in [5.41, 5.74) is 0.491. The molecule has 1 unspecified atom stereocenters. The molecule has 0 spiro atoms. The minimum atomic E-state index is -0.865. The molecule has 0 radical (unpaired) electrons. The van der Waals surface area contributed by atoms with Crippen LogP contribution < -0.4 is 5.32 Å². The second kappa shape index (κ2) is 6.06. The average Bonchev–Trinajstić information content (AvgIpc) is 2.44. The number of halogens is 2. The quantitative estimate of drug-likeness (QED) is 0.893. The van der Waals surface area contributed by atoms with Gasteiger partial charge in [-0.05, 0) is 36.8 Å². The van der Waals surface area contributed by atoms with Crippen molar-refractivity contribution in [1.82, 2.24) is 0 Å². The van der Waals surface area contributed by atoms with E-state index in [0.717, 1.165) is 10.0 Å². The zero-order chi connectivity index (χ0) is 14.6. The minimum absolute atomic E-state index is 0.341. The van der Waals surface area contributed by atoms with Crippen LogP contribution in [0.25, 0.3) is 0 Å². The molecule has 0 aliphatic carbocycles. The second-order valence-corrected chi connectivity index (χ2v) is 5.77. The molecule has 2 aromatic rings. The van der Waals surface area contributed by atoms with Crippen LogP contribution >= 0.6 is 15.9 Å². The summed E-state index contributed by atoms with van der Waals surface area (Å²) in [6, 6.07) is 16.3. The van der Waals surface area contributed by atoms with Crippen LogP contribution in [-0.2, 0) is 6.42 Å². The Labute approximate surface area is 126 Å². The summed E-state index contributed by atoms with van der Waals surface area (Å²) in [6.07, 6.45) is 0.491. The van der Waals surface area contributed by atoms with Gasteiger partial charge in [0.2, 0.25) is 0 Å². The summed E-state index contributed by atoms with van der Waals surface area (Å²) in [5, 5.41) is 12.4. The van der Waals surface area contributed by atoms with Crippen LogP contribution in [-0.4, -0.2) is 5.54 Å². The van der Waals surface area contributed by atoms with Crippen molar-refractivity contribution in [3.8, 4) is 6.07 Å². The third kappa shape index (κ3) is 3.58. The summed E-state index contributed by atoms with van der Waals surface area (Å²) in [6.45, 7) is 1.77. The van der Waals surface area contributed by atoms with Crippen molar-refractivity contribution in [2.75, 3.05) is 5.32 Å². The van der Waals surface area contributed by atoms with E-state index in [1.807, 2.05) is 24.3 Å². The predicted octanol–water partition coefficient (Wildman–Crippen LogP) is 4.53. The van der Waals surface area contributed by atoms with Gasteiger partial charge in [-0.25, -0.2) is 4.39 Å². The predicted molar refractivity (Wildman–Crippen MR) is 81.9 cm³/mol. The van der Waals surface area contributed by atoms with E-state index in [2.05, 4.69) is 27.3 Å². The first kappa shape index (κ1) is 14.5. The molecule has 2 nitrogen and oxygen atoms in total. The fourth-order valence-electron chi connectivity index (χ4n) is 1.98. The maximum Gasteiger partial charge on any atom is 0.146 e. The summed E-state index contributed by atoms with van der Waals surface area (Å²) in [7, 11) is 0. The zero-order valence-electron chi connectivity index (χ0n) is 11.0. The molecule has 0 saturated heterocycles. The van der Waals surface area contributed by atoms with Gasteiger partial charge in [0.1, 0.15) is 11.4 Å². The third-order valence-electron chi connectivity index (χ3n) is 3.00. The Morgan fingerprint density at radius 2 is 1.85 bits per heavy atom. The molecule has 2 rings (SSSR count). The maximum atomic E-state index is 13.7. The largest absolute Gasteiger partial charge is 0.365 e. The normalized spacial score (nSPS) is 13.3. The fraction of sp³-hybridized carbons (Fsp3) is 0.188. The first-order chi connectivity index (χ1) is 9.52. The van der Waals surface area contributed by atoms with Crippen molar-refractivity contribution in [2.24, 2.45) is 0 Å². The highest BCUT2D eigenvalue weighted by molar-refractivity contribution is 9.10. The molecule has 2 aromatic carbocycles. The van der Waals surface area contributed by atoms with E-state index < -0.39 is 5.54 Å². The molecule has 0 heterocycles. The molecular formula is C16H14BrFN2. The molecular weight excluding hydrogens is 319 g/mol. The van der Waals surface area contributed by atoms with Crippen molar-refractivity contribution in [3.05, 3.63) is 64.4 Å². The highest BCUT2D eigenvalue weighted by Crippen LogP contribution is 2.22. The molecule has 0 aromatic heterocycles. The van der Waals surface area contributed by atoms with Crippen LogP contribution in [0, 0.1) is 17.1 Å². The van der Waals surface area contributed by atoms with E-state index in [9.17, 15) is 9.65 Å². The lowest BCUT2D eigenvalue weighted by molar-refractivity contribution is 0.605. The van der Waals surface area contributed by atoms with Crippen LogP contribution in [0.5, 0.6) is 0 Å². The Bertz CT molecular complexity index is 634. The van der Waals surface area contributed by atoms with Crippen LogP contribution in [0.15, 0.2) is 53.0 Å². The summed E-state index contributed by atoms with van der Waals surface area (Å²) >= 11 is 3.38. The van der Waals surface area contributed by atoms with E-state index in [4.69, 9.17) is 0 Å². The van der Waals surface area contributed by atoms with Gasteiger partial charge in [-0.2, -0.15) is 5.26 Å². The Hall–Kier alpha value is -1.86. The van der Waals surface area contributed by atoms with Gasteiger partial charge in [0.25, 0.3) is 0 Å². The van der Waals surface area contributed by atoms with Crippen LogP contribution in [0.4, 0.5) is 10.1 Å². The number of anilines is 1. The van der Waals surface area contributed by atoms with Gasteiger partial charge in [0.05, 0.1) is 11.8 Å². The fourth-order valence-corrected chi connectivity index (χ4v) is 2.25. The number of rotatable bonds is 4. The Morgan fingerprint density at radius 3 is 2.45 bits per heavy atom. The zero-order valence-corrected chi connectivity index (χ0v) is 12.6. The van der Waals surface area contributed by atoms with Gasteiger partial charge in [0.15, 0.2) is 0 Å². The molecule has 20 heavy (non-hydrogen) atoms. The van der Waals surface area contributed by atoms with E-state index in [1.165, 1.54) is 6.07 Å². The number of hydrogen-bond acceptors (Lipinski definition) is 2. The summed E-state index contributed by atoms with van der Waals surface area (Å²) in [4.78, 5) is 0. The molecule has 4 heteroatoms. The lowest BCUT2D eigenvalue weighted by Crippen LogP contribution is -2.35. The van der Waals surface area contributed by atoms with Gasteiger partial charge >= 0.3 is 0 Å². The van der Waals surface area contributed by atoms with Gasteiger partial charge in [-0.1, -0.05) is 40.2 Å². The van der Waals surface area contributed by atoms with Gasteiger partial charge < -0.3 is 5.32 Å². The molecule has 0 saturated carbocycles. The van der Waals surface area contributed by atoms with Crippen molar-refractivity contribution < 1.29 is 4.39 Å². The van der Waals surface area contributed by atoms with Crippen molar-refractivity contribution >= 4 is 21.6 Å². The van der Waals surface area contributed by atoms with Crippen molar-refractivity contribution in [2.45, 2.75) is 18.9 Å². The first-order valence-corrected chi connectivity index (χ1v) is 7.00. The smallest absolute Gasteiger partial charge is 0.146 e. The van der Waals surface area contributed by atoms with E-state index in [0.29, 0.717) is 12.1 Å². The highest BCUT2D eigenvalue weighted by Gasteiger charge is 2.25. The Kier molecular flexibility index (Phi) is 4.41. The molecule has 0 amide bonds. The van der Waals surface area contributed by atoms with Crippen LogP contribution in [0.2, 0.25) is 0 Å². The lowest BCUT2D eigenvalue weighted by Gasteiger charge is -2.25. The Balaban J connectivity index is 2.19. The Morgan fingerprint density at radius 1 is 1.20 bits per heavy atom. The van der Waals surface area contributed by atoms with Crippen molar-refractivity contribution in [1.29, 1.82) is 5.26 Å². The van der Waals surface area contributed by atoms with Crippen LogP contribution in [0.3, 0.4) is 0 Å². The number of hydrogen-bond donors (Lipinski definition) is 1. The topological polar surface area (TPSA) is 35.8 Å². The SMILES string of the molecule is CC(C#N)(Cc1ccc(Br)cc1)Nc1ccccc1F. The maximum absolute atomic E-state index is 13.7. The number of nitrogens with one attached hydrogen (secondary N) is 1. The van der Waals surface area contributed by atoms with Crippen molar-refractivity contribution in [3.63, 3.8) is 0 Å². The first-order valence-electron chi connectivity index (χ1n) is 6.21. The molecule has 0 bridgehead atoms. The number of nitriles is 1. The highest BCUT2D eigenvalue weighted by atomic mass is 79.9. The number of para-hydroxylation sites is 1. The standard InChI is InChI=1S/C16H14BrFN2/c1-16(11-19,10-12-6-8-13(17)9-7-12)20-15-5-3-2-4-14(15)18/h2-9,20H,10H2,1H3. The van der Waals surface area contributed by atoms with E-state index >= 15 is 0 Å². The number of benzene rings is 2. The molecule has 102 valence electrons. The van der Waals surface area contributed by atoms with Gasteiger partial charge in [0, 0.05) is 10.9 Å². The summed E-state index contributed by atoms with van der Waals surface area (Å²) < 4.78 is 14.7. The van der Waals surface area contributed by atoms with E-state index in [1.54, 1.807) is 25.1 Å². The van der Waals surface area contributed by atoms with Gasteiger partial charge in [-0.3, -0.25) is 0 Å². The molecule has 0 aliphatic rings. The van der Waals surface area contributed by atoms with Gasteiger partial charge in [-0.15, -0.1) is 0 Å². The number of nitrogens with zero attached hydrogens (tertiary/aromatic N) is 1. The third-order valence-corrected chi connectivity index (χ3v) is 3.53. The van der Waals surface area contributed by atoms with E-state index in [-0.39, 0.29) is 5.82 Å². The van der Waals surface area contributed by atoms with Crippen LogP contribution in [0.1, 0.15) is 12.5 Å². The molecule has 0 fully saturated rings. The second-order valence-electron chi connectivity index (χ2n) is 4.85. The monoisotopic (exact) mass is 332 g/mol. The molecule has 1 atom stereocenters. The molecule has 0 aliphatic heterocycles. The molecule has 1 N–H and O–H groups in total. The average molecular weight is 333 g/mol. The lowest BCUT2D eigenvalue weighted by atomic mass is 9.94. The summed E-state index contributed by atoms with van der Waals surface area (Å²) in [5.74, 6) is -0.357.